The van der Waals surface area contributed by atoms with Gasteiger partial charge in [0.15, 0.2) is 0 Å². The van der Waals surface area contributed by atoms with Crippen molar-refractivity contribution in [2.75, 3.05) is 21.3 Å². The van der Waals surface area contributed by atoms with Gasteiger partial charge < -0.3 is 27.8 Å². The second kappa shape index (κ2) is 16.9. The lowest BCUT2D eigenvalue weighted by Crippen LogP contribution is -2.07. The minimum atomic E-state index is -1.85. The molecule has 0 atom stereocenters. The van der Waals surface area contributed by atoms with Crippen molar-refractivity contribution in [1.82, 2.24) is 0 Å². The van der Waals surface area contributed by atoms with Crippen molar-refractivity contribution in [2.45, 2.75) is 78.6 Å². The molecular formula is C33H45O6P. The third-order valence-electron chi connectivity index (χ3n) is 6.72. The molecule has 0 N–H and O–H groups in total. The zero-order chi connectivity index (χ0) is 28.7. The Morgan fingerprint density at radius 3 is 1.02 bits per heavy atom. The third-order valence-corrected chi connectivity index (χ3v) is 7.76. The van der Waals surface area contributed by atoms with Gasteiger partial charge in [0, 0.05) is 0 Å². The highest BCUT2D eigenvalue weighted by molar-refractivity contribution is 7.43. The molecule has 218 valence electrons. The van der Waals surface area contributed by atoms with Crippen LogP contribution in [0, 0.1) is 0 Å². The number of benzene rings is 3. The van der Waals surface area contributed by atoms with Gasteiger partial charge in [0.1, 0.15) is 34.5 Å². The number of unbranched alkanes of at least 4 members (excludes halogenated alkanes) is 3. The average Bonchev–Trinajstić information content (AvgIpc) is 2.99. The van der Waals surface area contributed by atoms with Gasteiger partial charge in [0.05, 0.1) is 21.3 Å². The molecular weight excluding hydrogens is 523 g/mol. The highest BCUT2D eigenvalue weighted by atomic mass is 31.2. The number of hydrogen-bond donors (Lipinski definition) is 0. The molecule has 40 heavy (non-hydrogen) atoms. The summed E-state index contributed by atoms with van der Waals surface area (Å²) >= 11 is 0. The first kappa shape index (κ1) is 31.4. The second-order valence-corrected chi connectivity index (χ2v) is 10.7. The fraction of sp³-hybridized carbons (Fsp3) is 0.455. The predicted molar refractivity (Wildman–Crippen MR) is 164 cm³/mol. The van der Waals surface area contributed by atoms with Crippen LogP contribution >= 0.6 is 8.60 Å². The Labute approximate surface area is 241 Å². The summed E-state index contributed by atoms with van der Waals surface area (Å²) in [6.45, 7) is 6.55. The van der Waals surface area contributed by atoms with E-state index >= 15 is 0 Å². The summed E-state index contributed by atoms with van der Waals surface area (Å²) in [6, 6.07) is 17.7. The van der Waals surface area contributed by atoms with E-state index in [9.17, 15) is 0 Å². The van der Waals surface area contributed by atoms with Crippen molar-refractivity contribution < 1.29 is 27.8 Å². The van der Waals surface area contributed by atoms with Gasteiger partial charge in [0.2, 0.25) is 0 Å². The van der Waals surface area contributed by atoms with E-state index in [0.29, 0.717) is 0 Å². The summed E-state index contributed by atoms with van der Waals surface area (Å²) in [5, 5.41) is 0. The van der Waals surface area contributed by atoms with Crippen LogP contribution in [-0.2, 0) is 19.3 Å². The van der Waals surface area contributed by atoms with E-state index in [0.717, 1.165) is 109 Å². The number of ether oxygens (including phenoxy) is 3. The van der Waals surface area contributed by atoms with Crippen LogP contribution in [0.15, 0.2) is 54.6 Å². The maximum atomic E-state index is 6.58. The minimum Gasteiger partial charge on any atom is -0.497 e. The van der Waals surface area contributed by atoms with Crippen LogP contribution in [0.3, 0.4) is 0 Å². The Bertz CT molecular complexity index is 1040. The molecule has 3 aromatic carbocycles. The first-order valence-electron chi connectivity index (χ1n) is 14.4. The summed E-state index contributed by atoms with van der Waals surface area (Å²) in [5.74, 6) is 4.64. The van der Waals surface area contributed by atoms with Gasteiger partial charge in [-0.2, -0.15) is 0 Å². The summed E-state index contributed by atoms with van der Waals surface area (Å²) in [6.07, 6.45) is 9.00. The van der Waals surface area contributed by atoms with Crippen molar-refractivity contribution in [3.05, 3.63) is 71.3 Å². The number of rotatable bonds is 18. The van der Waals surface area contributed by atoms with E-state index in [4.69, 9.17) is 27.8 Å². The van der Waals surface area contributed by atoms with E-state index < -0.39 is 8.60 Å². The monoisotopic (exact) mass is 568 g/mol. The lowest BCUT2D eigenvalue weighted by Gasteiger charge is -2.22. The smallest absolute Gasteiger partial charge is 0.497 e. The fourth-order valence-electron chi connectivity index (χ4n) is 4.30. The van der Waals surface area contributed by atoms with Crippen molar-refractivity contribution in [3.63, 3.8) is 0 Å². The summed E-state index contributed by atoms with van der Waals surface area (Å²) in [7, 11) is 3.20. The predicted octanol–water partition coefficient (Wildman–Crippen LogP) is 9.50. The van der Waals surface area contributed by atoms with Gasteiger partial charge in [-0.25, -0.2) is 0 Å². The van der Waals surface area contributed by atoms with Crippen LogP contribution in [0.1, 0.15) is 76.0 Å². The Morgan fingerprint density at radius 2 is 0.775 bits per heavy atom. The molecule has 0 aromatic heterocycles. The van der Waals surface area contributed by atoms with Gasteiger partial charge in [-0.05, 0) is 110 Å². The molecule has 0 saturated carbocycles. The van der Waals surface area contributed by atoms with E-state index in [1.54, 1.807) is 21.3 Å². The Balaban J connectivity index is 2.01. The minimum absolute atomic E-state index is 0.743. The summed E-state index contributed by atoms with van der Waals surface area (Å²) < 4.78 is 36.3. The maximum Gasteiger partial charge on any atom is 0.530 e. The van der Waals surface area contributed by atoms with Gasteiger partial charge in [0.25, 0.3) is 0 Å². The molecule has 0 bridgehead atoms. The molecule has 0 amide bonds. The van der Waals surface area contributed by atoms with Crippen molar-refractivity contribution >= 4 is 8.60 Å². The van der Waals surface area contributed by atoms with Crippen LogP contribution in [0.4, 0.5) is 0 Å². The molecule has 3 aromatic rings. The zero-order valence-corrected chi connectivity index (χ0v) is 25.9. The molecule has 0 spiro atoms. The zero-order valence-electron chi connectivity index (χ0n) is 25.0. The Morgan fingerprint density at radius 1 is 0.475 bits per heavy atom. The van der Waals surface area contributed by atoms with E-state index in [2.05, 4.69) is 20.8 Å². The van der Waals surface area contributed by atoms with E-state index in [1.807, 2.05) is 54.6 Å². The molecule has 0 aliphatic rings. The Kier molecular flexibility index (Phi) is 13.3. The van der Waals surface area contributed by atoms with Crippen molar-refractivity contribution in [2.24, 2.45) is 0 Å². The molecule has 0 aliphatic heterocycles. The molecule has 0 aliphatic carbocycles. The van der Waals surface area contributed by atoms with Crippen LogP contribution in [-0.4, -0.2) is 21.3 Å². The number of hydrogen-bond acceptors (Lipinski definition) is 6. The van der Waals surface area contributed by atoms with Crippen molar-refractivity contribution in [1.29, 1.82) is 0 Å². The molecule has 0 fully saturated rings. The van der Waals surface area contributed by atoms with Gasteiger partial charge in [-0.15, -0.1) is 0 Å². The number of aryl methyl sites for hydroxylation is 3. The van der Waals surface area contributed by atoms with Crippen LogP contribution < -0.4 is 27.8 Å². The molecule has 0 saturated heterocycles. The Hall–Kier alpha value is -3.11. The first-order chi connectivity index (χ1) is 19.5. The molecule has 7 heteroatoms. The summed E-state index contributed by atoms with van der Waals surface area (Å²) in [5.41, 5.74) is 3.22. The largest absolute Gasteiger partial charge is 0.530 e. The van der Waals surface area contributed by atoms with Gasteiger partial charge in [-0.1, -0.05) is 40.0 Å². The van der Waals surface area contributed by atoms with E-state index in [-0.39, 0.29) is 0 Å². The van der Waals surface area contributed by atoms with Crippen LogP contribution in [0.2, 0.25) is 0 Å². The van der Waals surface area contributed by atoms with Crippen LogP contribution in [0.5, 0.6) is 34.5 Å². The molecule has 6 nitrogen and oxygen atoms in total. The van der Waals surface area contributed by atoms with E-state index in [1.165, 1.54) is 0 Å². The highest BCUT2D eigenvalue weighted by Gasteiger charge is 2.25. The fourth-order valence-corrected chi connectivity index (χ4v) is 5.43. The first-order valence-corrected chi connectivity index (χ1v) is 15.5. The second-order valence-electron chi connectivity index (χ2n) is 9.73. The van der Waals surface area contributed by atoms with Crippen LogP contribution in [0.25, 0.3) is 0 Å². The number of methoxy groups -OCH3 is 3. The third kappa shape index (κ3) is 9.23. The normalized spacial score (nSPS) is 10.9. The highest BCUT2D eigenvalue weighted by Crippen LogP contribution is 2.46. The molecule has 0 radical (unpaired) electrons. The van der Waals surface area contributed by atoms with Gasteiger partial charge in [-0.3, -0.25) is 0 Å². The topological polar surface area (TPSA) is 55.4 Å². The SMILES string of the molecule is CCCCc1cc(OC)ccc1OP(Oc1ccc(OC)cc1CCCC)Oc1ccc(OC)cc1CCCC. The lowest BCUT2D eigenvalue weighted by atomic mass is 10.1. The summed E-state index contributed by atoms with van der Waals surface area (Å²) in [4.78, 5) is 0. The standard InChI is InChI=1S/C33H45O6P/c1-7-10-13-25-22-28(34-4)16-19-31(25)37-40(38-32-20-17-29(35-5)23-26(32)14-11-8-2)39-33-21-18-30(36-6)24-27(33)15-12-9-3/h16-24H,7-15H2,1-6H3. The molecule has 0 heterocycles. The van der Waals surface area contributed by atoms with Crippen molar-refractivity contribution in [3.8, 4) is 34.5 Å². The maximum absolute atomic E-state index is 6.58. The quantitative estimate of drug-likeness (QED) is 0.142. The average molecular weight is 569 g/mol. The lowest BCUT2D eigenvalue weighted by molar-refractivity contribution is 0.377. The molecule has 3 rings (SSSR count). The van der Waals surface area contributed by atoms with Gasteiger partial charge >= 0.3 is 8.60 Å². The molecule has 0 unspecified atom stereocenters.